The largest absolute Gasteiger partial charge is 0.369 e. The molecule has 1 heterocycles. The van der Waals surface area contributed by atoms with Crippen LogP contribution in [0, 0.1) is 0 Å². The van der Waals surface area contributed by atoms with Crippen LogP contribution in [0.1, 0.15) is 13.3 Å². The van der Waals surface area contributed by atoms with Gasteiger partial charge in [-0.3, -0.25) is 4.79 Å². The van der Waals surface area contributed by atoms with Crippen LogP contribution in [0.2, 0.25) is 5.02 Å². The van der Waals surface area contributed by atoms with E-state index < -0.39 is 0 Å². The molecule has 1 aromatic heterocycles. The van der Waals surface area contributed by atoms with Crippen molar-refractivity contribution in [1.82, 2.24) is 9.55 Å². The second-order valence-electron chi connectivity index (χ2n) is 3.93. The van der Waals surface area contributed by atoms with E-state index in [9.17, 15) is 4.79 Å². The molecule has 6 heteroatoms. The van der Waals surface area contributed by atoms with Crippen LogP contribution in [0.4, 0.5) is 0 Å². The van der Waals surface area contributed by atoms with Crippen LogP contribution in [0.5, 0.6) is 0 Å². The molecule has 2 N–H and O–H groups in total. The molecule has 0 saturated heterocycles. The zero-order valence-electron chi connectivity index (χ0n) is 10.0. The van der Waals surface area contributed by atoms with Gasteiger partial charge >= 0.3 is 0 Å². The summed E-state index contributed by atoms with van der Waals surface area (Å²) in [5.41, 5.74) is 7.05. The first-order valence-electron chi connectivity index (χ1n) is 5.68. The molecule has 4 nitrogen and oxygen atoms in total. The predicted molar refractivity (Wildman–Crippen MR) is 75.0 cm³/mol. The van der Waals surface area contributed by atoms with Crippen LogP contribution in [-0.4, -0.2) is 21.2 Å². The Labute approximate surface area is 115 Å². The van der Waals surface area contributed by atoms with E-state index in [1.165, 1.54) is 11.8 Å². The van der Waals surface area contributed by atoms with Gasteiger partial charge in [-0.25, -0.2) is 4.98 Å². The molecule has 18 heavy (non-hydrogen) atoms. The van der Waals surface area contributed by atoms with Crippen LogP contribution >= 0.6 is 23.4 Å². The molecule has 0 aliphatic rings. The molecule has 0 saturated carbocycles. The number of aromatic nitrogens is 2. The smallest absolute Gasteiger partial charge is 0.227 e. The maximum absolute atomic E-state index is 10.9. The van der Waals surface area contributed by atoms with Gasteiger partial charge in [0, 0.05) is 11.6 Å². The van der Waals surface area contributed by atoms with E-state index in [2.05, 4.69) is 16.5 Å². The highest BCUT2D eigenvalue weighted by atomic mass is 35.5. The van der Waals surface area contributed by atoms with Crippen LogP contribution in [0.25, 0.3) is 11.0 Å². The van der Waals surface area contributed by atoms with E-state index in [1.54, 1.807) is 0 Å². The van der Waals surface area contributed by atoms with Gasteiger partial charge in [0.05, 0.1) is 16.8 Å². The summed E-state index contributed by atoms with van der Waals surface area (Å²) in [4.78, 5) is 15.4. The monoisotopic (exact) mass is 283 g/mol. The van der Waals surface area contributed by atoms with E-state index >= 15 is 0 Å². The van der Waals surface area contributed by atoms with Gasteiger partial charge in [0.2, 0.25) is 5.91 Å². The van der Waals surface area contributed by atoms with E-state index in [-0.39, 0.29) is 11.7 Å². The molecule has 2 aromatic rings. The van der Waals surface area contributed by atoms with Crippen molar-refractivity contribution in [3.63, 3.8) is 0 Å². The number of primary amides is 1. The minimum absolute atomic E-state index is 0.237. The molecule has 0 fully saturated rings. The van der Waals surface area contributed by atoms with E-state index in [1.807, 2.05) is 18.2 Å². The number of aryl methyl sites for hydroxylation is 1. The first-order valence-corrected chi connectivity index (χ1v) is 7.05. The van der Waals surface area contributed by atoms with Crippen molar-refractivity contribution in [2.75, 3.05) is 5.75 Å². The fourth-order valence-corrected chi connectivity index (χ4v) is 2.71. The number of rotatable bonds is 5. The number of thioether (sulfide) groups is 1. The molecular weight excluding hydrogens is 270 g/mol. The number of halogens is 1. The lowest BCUT2D eigenvalue weighted by Crippen LogP contribution is -2.13. The molecule has 1 aromatic carbocycles. The van der Waals surface area contributed by atoms with E-state index in [4.69, 9.17) is 17.3 Å². The quantitative estimate of drug-likeness (QED) is 0.858. The van der Waals surface area contributed by atoms with Crippen LogP contribution in [0.15, 0.2) is 23.4 Å². The van der Waals surface area contributed by atoms with Crippen molar-refractivity contribution in [2.24, 2.45) is 5.73 Å². The fourth-order valence-electron chi connectivity index (χ4n) is 1.77. The van der Waals surface area contributed by atoms with Gasteiger partial charge in [0.15, 0.2) is 5.16 Å². The molecule has 0 radical (unpaired) electrons. The summed E-state index contributed by atoms with van der Waals surface area (Å²) in [6.07, 6.45) is 0.998. The van der Waals surface area contributed by atoms with Gasteiger partial charge in [-0.15, -0.1) is 0 Å². The number of benzene rings is 1. The highest BCUT2D eigenvalue weighted by Crippen LogP contribution is 2.26. The van der Waals surface area contributed by atoms with Crippen molar-refractivity contribution >= 4 is 40.3 Å². The molecule has 1 amide bonds. The Kier molecular flexibility index (Phi) is 4.14. The van der Waals surface area contributed by atoms with Crippen LogP contribution in [-0.2, 0) is 11.3 Å². The van der Waals surface area contributed by atoms with Gasteiger partial charge in [-0.2, -0.15) is 0 Å². The summed E-state index contributed by atoms with van der Waals surface area (Å²) in [6.45, 7) is 2.96. The number of amides is 1. The summed E-state index contributed by atoms with van der Waals surface area (Å²) in [7, 11) is 0. The zero-order valence-corrected chi connectivity index (χ0v) is 11.6. The fraction of sp³-hybridized carbons (Fsp3) is 0.333. The number of fused-ring (bicyclic) bond motifs is 1. The molecule has 0 aliphatic carbocycles. The van der Waals surface area contributed by atoms with Gasteiger partial charge in [-0.1, -0.05) is 30.3 Å². The number of hydrogen-bond donors (Lipinski definition) is 1. The number of hydrogen-bond acceptors (Lipinski definition) is 3. The number of nitrogens with zero attached hydrogens (tertiary/aromatic N) is 2. The second-order valence-corrected chi connectivity index (χ2v) is 5.31. The minimum atomic E-state index is -0.340. The second kappa shape index (κ2) is 5.63. The SMILES string of the molecule is CCCn1c(SCC(N)=O)nc2cc(Cl)ccc21. The highest BCUT2D eigenvalue weighted by Gasteiger charge is 2.11. The summed E-state index contributed by atoms with van der Waals surface area (Å²) in [5.74, 6) is -0.103. The molecule has 0 unspecified atom stereocenters. The van der Waals surface area contributed by atoms with Gasteiger partial charge in [0.25, 0.3) is 0 Å². The molecule has 0 spiro atoms. The van der Waals surface area contributed by atoms with Crippen molar-refractivity contribution < 1.29 is 4.79 Å². The normalized spacial score (nSPS) is 11.0. The van der Waals surface area contributed by atoms with Crippen molar-refractivity contribution in [2.45, 2.75) is 25.0 Å². The Morgan fingerprint density at radius 3 is 3.00 bits per heavy atom. The average molecular weight is 284 g/mol. The average Bonchev–Trinajstić information content (AvgIpc) is 2.64. The zero-order chi connectivity index (χ0) is 13.1. The first-order chi connectivity index (χ1) is 8.61. The Balaban J connectivity index is 2.43. The topological polar surface area (TPSA) is 60.9 Å². The lowest BCUT2D eigenvalue weighted by molar-refractivity contribution is -0.115. The minimum Gasteiger partial charge on any atom is -0.369 e. The molecular formula is C12H14ClN3OS. The Morgan fingerprint density at radius 1 is 1.56 bits per heavy atom. The van der Waals surface area contributed by atoms with Gasteiger partial charge < -0.3 is 10.3 Å². The Morgan fingerprint density at radius 2 is 2.33 bits per heavy atom. The molecule has 96 valence electrons. The summed E-state index contributed by atoms with van der Waals surface area (Å²) in [6, 6.07) is 5.63. The first kappa shape index (κ1) is 13.2. The highest BCUT2D eigenvalue weighted by molar-refractivity contribution is 7.99. The predicted octanol–water partition coefficient (Wildman–Crippen LogP) is 2.68. The maximum atomic E-state index is 10.9. The molecule has 0 aliphatic heterocycles. The number of carbonyl (C=O) groups excluding carboxylic acids is 1. The third-order valence-corrected chi connectivity index (χ3v) is 3.70. The van der Waals surface area contributed by atoms with E-state index in [0.717, 1.165) is 29.2 Å². The van der Waals surface area contributed by atoms with Crippen molar-refractivity contribution in [1.29, 1.82) is 0 Å². The maximum Gasteiger partial charge on any atom is 0.227 e. The van der Waals surface area contributed by atoms with E-state index in [0.29, 0.717) is 5.02 Å². The van der Waals surface area contributed by atoms with Crippen LogP contribution < -0.4 is 5.73 Å². The molecule has 0 atom stereocenters. The number of imidazole rings is 1. The summed E-state index contributed by atoms with van der Waals surface area (Å²) < 4.78 is 2.10. The van der Waals surface area contributed by atoms with Gasteiger partial charge in [-0.05, 0) is 24.6 Å². The Hall–Kier alpha value is -1.20. The molecule has 2 rings (SSSR count). The summed E-state index contributed by atoms with van der Waals surface area (Å²) >= 11 is 7.32. The molecule has 0 bridgehead atoms. The standard InChI is InChI=1S/C12H14ClN3OS/c1-2-5-16-10-4-3-8(13)6-9(10)15-12(16)18-7-11(14)17/h3-4,6H,2,5,7H2,1H3,(H2,14,17). The number of nitrogens with two attached hydrogens (primary N) is 1. The van der Waals surface area contributed by atoms with Crippen molar-refractivity contribution in [3.8, 4) is 0 Å². The lowest BCUT2D eigenvalue weighted by Gasteiger charge is -2.06. The Bertz CT molecular complexity index is 582. The lowest BCUT2D eigenvalue weighted by atomic mass is 10.3. The van der Waals surface area contributed by atoms with Crippen molar-refractivity contribution in [3.05, 3.63) is 23.2 Å². The third-order valence-electron chi connectivity index (χ3n) is 2.47. The third kappa shape index (κ3) is 2.79. The van der Waals surface area contributed by atoms with Crippen LogP contribution in [0.3, 0.4) is 0 Å². The summed E-state index contributed by atoms with van der Waals surface area (Å²) in [5, 5.41) is 1.48. The van der Waals surface area contributed by atoms with Gasteiger partial charge in [0.1, 0.15) is 0 Å². The number of carbonyl (C=O) groups is 1.